The van der Waals surface area contributed by atoms with Gasteiger partial charge in [-0.25, -0.2) is 4.79 Å². The van der Waals surface area contributed by atoms with Crippen LogP contribution >= 0.6 is 11.8 Å². The zero-order valence-corrected chi connectivity index (χ0v) is 15.0. The number of ether oxygens (including phenoxy) is 1. The van der Waals surface area contributed by atoms with Crippen LogP contribution in [0, 0.1) is 0 Å². The van der Waals surface area contributed by atoms with Crippen molar-refractivity contribution >= 4 is 17.8 Å². The number of thioether (sulfide) groups is 1. The first-order valence-electron chi connectivity index (χ1n) is 7.67. The van der Waals surface area contributed by atoms with Crippen LogP contribution in [0.4, 0.5) is 4.79 Å². The third-order valence-electron chi connectivity index (χ3n) is 2.65. The molecule has 0 bridgehead atoms. The number of urea groups is 1. The summed E-state index contributed by atoms with van der Waals surface area (Å²) in [4.78, 5) is 11.7. The molecule has 0 spiro atoms. The average Bonchev–Trinajstić information content (AvgIpc) is 2.40. The zero-order valence-electron chi connectivity index (χ0n) is 14.2. The standard InChI is InChI=1S/C17H28N2O2S/c1-13(2)21-15-8-6-7-14(11-15)12-19-16(20)18-9-10-22-17(3,4)5/h6-8,11,13H,9-10,12H2,1-5H3,(H2,18,19,20). The minimum Gasteiger partial charge on any atom is -0.491 e. The van der Waals surface area contributed by atoms with Gasteiger partial charge in [-0.2, -0.15) is 11.8 Å². The lowest BCUT2D eigenvalue weighted by Crippen LogP contribution is -2.36. The number of carbonyl (C=O) groups excluding carboxylic acids is 1. The van der Waals surface area contributed by atoms with Gasteiger partial charge in [-0.3, -0.25) is 0 Å². The summed E-state index contributed by atoms with van der Waals surface area (Å²) in [7, 11) is 0. The number of carbonyl (C=O) groups is 1. The van der Waals surface area contributed by atoms with Crippen molar-refractivity contribution in [3.8, 4) is 5.75 Å². The van der Waals surface area contributed by atoms with E-state index in [1.54, 1.807) is 0 Å². The Kier molecular flexibility index (Phi) is 7.59. The highest BCUT2D eigenvalue weighted by Gasteiger charge is 2.10. The van der Waals surface area contributed by atoms with Gasteiger partial charge in [0.25, 0.3) is 0 Å². The van der Waals surface area contributed by atoms with Gasteiger partial charge in [0.05, 0.1) is 6.10 Å². The molecule has 0 unspecified atom stereocenters. The van der Waals surface area contributed by atoms with Crippen molar-refractivity contribution in [1.82, 2.24) is 10.6 Å². The molecule has 124 valence electrons. The van der Waals surface area contributed by atoms with E-state index in [4.69, 9.17) is 4.74 Å². The van der Waals surface area contributed by atoms with Gasteiger partial charge >= 0.3 is 6.03 Å². The van der Waals surface area contributed by atoms with E-state index in [1.807, 2.05) is 49.9 Å². The number of rotatable bonds is 7. The van der Waals surface area contributed by atoms with Gasteiger partial charge in [0, 0.05) is 23.6 Å². The quantitative estimate of drug-likeness (QED) is 0.750. The second-order valence-electron chi connectivity index (χ2n) is 6.38. The molecule has 1 aromatic carbocycles. The van der Waals surface area contributed by atoms with Gasteiger partial charge in [0.1, 0.15) is 5.75 Å². The van der Waals surface area contributed by atoms with Gasteiger partial charge < -0.3 is 15.4 Å². The van der Waals surface area contributed by atoms with Gasteiger partial charge in [-0.15, -0.1) is 0 Å². The van der Waals surface area contributed by atoms with E-state index >= 15 is 0 Å². The van der Waals surface area contributed by atoms with Crippen LogP contribution in [-0.2, 0) is 6.54 Å². The van der Waals surface area contributed by atoms with Gasteiger partial charge in [-0.1, -0.05) is 32.9 Å². The predicted molar refractivity (Wildman–Crippen MR) is 94.7 cm³/mol. The van der Waals surface area contributed by atoms with Crippen LogP contribution in [0.3, 0.4) is 0 Å². The fourth-order valence-electron chi connectivity index (χ4n) is 1.77. The van der Waals surface area contributed by atoms with Crippen molar-refractivity contribution in [2.45, 2.75) is 52.0 Å². The first kappa shape index (κ1) is 18.7. The lowest BCUT2D eigenvalue weighted by Gasteiger charge is -2.17. The van der Waals surface area contributed by atoms with Crippen LogP contribution in [0.5, 0.6) is 5.75 Å². The molecule has 0 fully saturated rings. The summed E-state index contributed by atoms with van der Waals surface area (Å²) in [5.41, 5.74) is 1.03. The molecule has 5 heteroatoms. The molecule has 0 atom stereocenters. The first-order valence-corrected chi connectivity index (χ1v) is 8.66. The molecule has 1 aromatic rings. The zero-order chi connectivity index (χ0) is 16.6. The van der Waals surface area contributed by atoms with Gasteiger partial charge in [0.15, 0.2) is 0 Å². The van der Waals surface area contributed by atoms with Gasteiger partial charge in [-0.05, 0) is 31.5 Å². The summed E-state index contributed by atoms with van der Waals surface area (Å²) in [6.45, 7) is 11.7. The van der Waals surface area contributed by atoms with E-state index in [1.165, 1.54) is 0 Å². The average molecular weight is 324 g/mol. The summed E-state index contributed by atoms with van der Waals surface area (Å²) in [6.07, 6.45) is 0.145. The molecule has 0 saturated carbocycles. The summed E-state index contributed by atoms with van der Waals surface area (Å²) in [5.74, 6) is 1.74. The molecule has 1 rings (SSSR count). The van der Waals surface area contributed by atoms with Crippen molar-refractivity contribution in [2.75, 3.05) is 12.3 Å². The van der Waals surface area contributed by atoms with E-state index < -0.39 is 0 Å². The van der Waals surface area contributed by atoms with E-state index in [0.29, 0.717) is 13.1 Å². The maximum Gasteiger partial charge on any atom is 0.315 e. The molecule has 22 heavy (non-hydrogen) atoms. The second-order valence-corrected chi connectivity index (χ2v) is 8.31. The van der Waals surface area contributed by atoms with E-state index in [-0.39, 0.29) is 16.9 Å². The van der Waals surface area contributed by atoms with E-state index in [0.717, 1.165) is 17.1 Å². The molecule has 2 amide bonds. The summed E-state index contributed by atoms with van der Waals surface area (Å²) in [5, 5.41) is 5.73. The minimum atomic E-state index is -0.135. The molecule has 0 heterocycles. The molecule has 0 saturated heterocycles. The molecular weight excluding hydrogens is 296 g/mol. The first-order chi connectivity index (χ1) is 10.3. The van der Waals surface area contributed by atoms with Crippen molar-refractivity contribution < 1.29 is 9.53 Å². The van der Waals surface area contributed by atoms with Crippen molar-refractivity contribution in [2.24, 2.45) is 0 Å². The molecule has 4 nitrogen and oxygen atoms in total. The lowest BCUT2D eigenvalue weighted by molar-refractivity contribution is 0.239. The third-order valence-corrected chi connectivity index (χ3v) is 3.92. The summed E-state index contributed by atoms with van der Waals surface area (Å²) >= 11 is 1.84. The lowest BCUT2D eigenvalue weighted by atomic mass is 10.2. The Morgan fingerprint density at radius 2 is 2.00 bits per heavy atom. The Labute approximate surface area is 138 Å². The smallest absolute Gasteiger partial charge is 0.315 e. The number of amides is 2. The summed E-state index contributed by atoms with van der Waals surface area (Å²) < 4.78 is 5.87. The number of hydrogen-bond donors (Lipinski definition) is 2. The highest BCUT2D eigenvalue weighted by molar-refractivity contribution is 8.00. The largest absolute Gasteiger partial charge is 0.491 e. The number of nitrogens with one attached hydrogen (secondary N) is 2. The second kappa shape index (κ2) is 8.93. The Balaban J connectivity index is 2.29. The maximum atomic E-state index is 11.7. The van der Waals surface area contributed by atoms with Crippen LogP contribution in [0.25, 0.3) is 0 Å². The highest BCUT2D eigenvalue weighted by atomic mass is 32.2. The van der Waals surface area contributed by atoms with Crippen molar-refractivity contribution in [1.29, 1.82) is 0 Å². The molecule has 0 aliphatic heterocycles. The van der Waals surface area contributed by atoms with Crippen LogP contribution in [-0.4, -0.2) is 29.2 Å². The Bertz CT molecular complexity index is 470. The van der Waals surface area contributed by atoms with Crippen molar-refractivity contribution in [3.05, 3.63) is 29.8 Å². The summed E-state index contributed by atoms with van der Waals surface area (Å²) in [6, 6.07) is 7.66. The van der Waals surface area contributed by atoms with Crippen LogP contribution in [0.1, 0.15) is 40.2 Å². The molecule has 0 radical (unpaired) electrons. The predicted octanol–water partition coefficient (Wildman–Crippen LogP) is 3.80. The Morgan fingerprint density at radius 3 is 2.64 bits per heavy atom. The normalized spacial score (nSPS) is 11.4. The number of benzene rings is 1. The maximum absolute atomic E-state index is 11.7. The molecule has 0 aliphatic carbocycles. The van der Waals surface area contributed by atoms with E-state index in [2.05, 4.69) is 31.4 Å². The SMILES string of the molecule is CC(C)Oc1cccc(CNC(=O)NCCSC(C)(C)C)c1. The fraction of sp³-hybridized carbons (Fsp3) is 0.588. The van der Waals surface area contributed by atoms with Crippen molar-refractivity contribution in [3.63, 3.8) is 0 Å². The van der Waals surface area contributed by atoms with E-state index in [9.17, 15) is 4.79 Å². The fourth-order valence-corrected chi connectivity index (χ4v) is 2.58. The minimum absolute atomic E-state index is 0.135. The Morgan fingerprint density at radius 1 is 1.27 bits per heavy atom. The monoisotopic (exact) mass is 324 g/mol. The topological polar surface area (TPSA) is 50.4 Å². The Hall–Kier alpha value is -1.36. The highest BCUT2D eigenvalue weighted by Crippen LogP contribution is 2.21. The molecular formula is C17H28N2O2S. The van der Waals surface area contributed by atoms with Crippen LogP contribution in [0.15, 0.2) is 24.3 Å². The van der Waals surface area contributed by atoms with Crippen LogP contribution in [0.2, 0.25) is 0 Å². The molecule has 0 aromatic heterocycles. The van der Waals surface area contributed by atoms with Gasteiger partial charge in [0.2, 0.25) is 0 Å². The molecule has 2 N–H and O–H groups in total. The van der Waals surface area contributed by atoms with Crippen LogP contribution < -0.4 is 15.4 Å². The number of hydrogen-bond acceptors (Lipinski definition) is 3. The third kappa shape index (κ3) is 8.82. The molecule has 0 aliphatic rings.